The Morgan fingerprint density at radius 3 is 2.68 bits per heavy atom. The Labute approximate surface area is 129 Å². The predicted molar refractivity (Wildman–Crippen MR) is 85.2 cm³/mol. The minimum Gasteiger partial charge on any atom is -0.478 e. The molecular weight excluding hydrogens is 278 g/mol. The van der Waals surface area contributed by atoms with Crippen LogP contribution in [0.4, 0.5) is 5.69 Å². The van der Waals surface area contributed by atoms with E-state index in [4.69, 9.17) is 4.74 Å². The number of benzene rings is 2. The summed E-state index contributed by atoms with van der Waals surface area (Å²) in [4.78, 5) is 11.5. The van der Waals surface area contributed by atoms with Crippen molar-refractivity contribution in [1.82, 2.24) is 0 Å². The fourth-order valence-electron chi connectivity index (χ4n) is 3.02. The van der Waals surface area contributed by atoms with Crippen LogP contribution in [0, 0.1) is 0 Å². The van der Waals surface area contributed by atoms with Gasteiger partial charge in [-0.15, -0.1) is 0 Å². The van der Waals surface area contributed by atoms with Crippen molar-refractivity contribution in [2.75, 3.05) is 11.9 Å². The topological polar surface area (TPSA) is 58.6 Å². The van der Waals surface area contributed by atoms with Crippen LogP contribution < -0.4 is 5.32 Å². The number of ether oxygens (including phenoxy) is 1. The Hall–Kier alpha value is -2.33. The van der Waals surface area contributed by atoms with E-state index < -0.39 is 5.97 Å². The van der Waals surface area contributed by atoms with Crippen LogP contribution in [0.5, 0.6) is 0 Å². The zero-order valence-corrected chi connectivity index (χ0v) is 12.5. The van der Waals surface area contributed by atoms with E-state index in [-0.39, 0.29) is 12.1 Å². The van der Waals surface area contributed by atoms with E-state index in [0.29, 0.717) is 17.9 Å². The molecule has 0 radical (unpaired) electrons. The first-order valence-electron chi connectivity index (χ1n) is 7.50. The molecule has 4 nitrogen and oxygen atoms in total. The lowest BCUT2D eigenvalue weighted by Gasteiger charge is -2.34. The summed E-state index contributed by atoms with van der Waals surface area (Å²) in [6.07, 6.45) is 0.694. The van der Waals surface area contributed by atoms with Gasteiger partial charge in [-0.1, -0.05) is 42.5 Å². The highest BCUT2D eigenvalue weighted by molar-refractivity contribution is 5.95. The molecule has 0 aliphatic carbocycles. The zero-order chi connectivity index (χ0) is 15.5. The number of carbonyl (C=O) groups is 1. The summed E-state index contributed by atoms with van der Waals surface area (Å²) in [6.45, 7) is 2.56. The van der Waals surface area contributed by atoms with Gasteiger partial charge < -0.3 is 15.2 Å². The molecule has 0 fully saturated rings. The summed E-state index contributed by atoms with van der Waals surface area (Å²) < 4.78 is 5.86. The van der Waals surface area contributed by atoms with Crippen LogP contribution in [0.3, 0.4) is 0 Å². The molecule has 1 aliphatic heterocycles. The molecule has 4 heteroatoms. The van der Waals surface area contributed by atoms with Gasteiger partial charge in [0, 0.05) is 18.6 Å². The van der Waals surface area contributed by atoms with Crippen LogP contribution in [-0.2, 0) is 4.74 Å². The van der Waals surface area contributed by atoms with Crippen LogP contribution in [0.2, 0.25) is 0 Å². The lowest BCUT2D eigenvalue weighted by molar-refractivity contribution is 0.0496. The van der Waals surface area contributed by atoms with Gasteiger partial charge in [-0.05, 0) is 18.6 Å². The average molecular weight is 297 g/mol. The van der Waals surface area contributed by atoms with Crippen molar-refractivity contribution >= 4 is 11.7 Å². The van der Waals surface area contributed by atoms with E-state index in [1.54, 1.807) is 12.1 Å². The maximum absolute atomic E-state index is 11.5. The van der Waals surface area contributed by atoms with Crippen molar-refractivity contribution in [1.29, 1.82) is 0 Å². The number of rotatable bonds is 4. The van der Waals surface area contributed by atoms with Crippen LogP contribution in [0.15, 0.2) is 48.5 Å². The van der Waals surface area contributed by atoms with Crippen molar-refractivity contribution in [2.45, 2.75) is 25.5 Å². The van der Waals surface area contributed by atoms with Gasteiger partial charge in [0.25, 0.3) is 0 Å². The maximum Gasteiger partial charge on any atom is 0.337 e. The molecule has 2 aromatic carbocycles. The first-order chi connectivity index (χ1) is 10.7. The van der Waals surface area contributed by atoms with Crippen LogP contribution in [0.25, 0.3) is 0 Å². The lowest BCUT2D eigenvalue weighted by Crippen LogP contribution is -2.25. The van der Waals surface area contributed by atoms with Crippen molar-refractivity contribution in [3.8, 4) is 0 Å². The highest BCUT2D eigenvalue weighted by Gasteiger charge is 2.30. The first kappa shape index (κ1) is 14.6. The number of carboxylic acid groups (broad SMARTS) is 1. The summed E-state index contributed by atoms with van der Waals surface area (Å²) in [5.74, 6) is -0.923. The lowest BCUT2D eigenvalue weighted by atomic mass is 9.89. The van der Waals surface area contributed by atoms with Crippen molar-refractivity contribution in [2.24, 2.45) is 0 Å². The highest BCUT2D eigenvalue weighted by Crippen LogP contribution is 2.42. The summed E-state index contributed by atoms with van der Waals surface area (Å²) in [5, 5.41) is 12.8. The Morgan fingerprint density at radius 2 is 2.00 bits per heavy atom. The van der Waals surface area contributed by atoms with Gasteiger partial charge in [-0.25, -0.2) is 4.79 Å². The molecule has 3 rings (SSSR count). The fourth-order valence-corrected chi connectivity index (χ4v) is 3.02. The van der Waals surface area contributed by atoms with Crippen molar-refractivity contribution in [3.63, 3.8) is 0 Å². The number of aromatic carboxylic acids is 1. The van der Waals surface area contributed by atoms with Gasteiger partial charge in [-0.2, -0.15) is 0 Å². The third-order valence-corrected chi connectivity index (χ3v) is 4.01. The molecule has 0 saturated heterocycles. The maximum atomic E-state index is 11.5. The highest BCUT2D eigenvalue weighted by atomic mass is 16.5. The molecule has 22 heavy (non-hydrogen) atoms. The molecule has 2 N–H and O–H groups in total. The van der Waals surface area contributed by atoms with E-state index in [1.165, 1.54) is 0 Å². The van der Waals surface area contributed by atoms with Crippen LogP contribution in [0.1, 0.15) is 47.0 Å². The van der Waals surface area contributed by atoms with Crippen molar-refractivity contribution < 1.29 is 14.6 Å². The second kappa shape index (κ2) is 6.20. The quantitative estimate of drug-likeness (QED) is 0.895. The smallest absolute Gasteiger partial charge is 0.337 e. The second-order valence-corrected chi connectivity index (χ2v) is 5.36. The molecule has 2 aromatic rings. The number of hydrogen-bond donors (Lipinski definition) is 2. The standard InChI is InChI=1S/C18H19NO3/c1-2-22-16-11-15(12-7-4-3-5-8-12)19-17-13(16)9-6-10-14(17)18(20)21/h3-10,15-16,19H,2,11H2,1H3,(H,20,21). The van der Waals surface area contributed by atoms with E-state index >= 15 is 0 Å². The van der Waals surface area contributed by atoms with Gasteiger partial charge in [0.15, 0.2) is 0 Å². The van der Waals surface area contributed by atoms with Crippen molar-refractivity contribution in [3.05, 3.63) is 65.2 Å². The Balaban J connectivity index is 2.04. The summed E-state index contributed by atoms with van der Waals surface area (Å²) in [6, 6.07) is 15.5. The third-order valence-electron chi connectivity index (χ3n) is 4.01. The summed E-state index contributed by atoms with van der Waals surface area (Å²) in [5.41, 5.74) is 3.03. The SMILES string of the molecule is CCOC1CC(c2ccccc2)Nc2c(C(=O)O)cccc21. The Bertz CT molecular complexity index is 669. The molecule has 114 valence electrons. The van der Waals surface area contributed by atoms with E-state index in [0.717, 1.165) is 17.5 Å². The van der Waals surface area contributed by atoms with E-state index in [9.17, 15) is 9.90 Å². The largest absolute Gasteiger partial charge is 0.478 e. The minimum atomic E-state index is -0.923. The van der Waals surface area contributed by atoms with Crippen LogP contribution in [-0.4, -0.2) is 17.7 Å². The van der Waals surface area contributed by atoms with Gasteiger partial charge in [0.1, 0.15) is 0 Å². The number of nitrogens with one attached hydrogen (secondary N) is 1. The number of para-hydroxylation sites is 1. The van der Waals surface area contributed by atoms with Crippen LogP contribution >= 0.6 is 0 Å². The molecule has 0 bridgehead atoms. The van der Waals surface area contributed by atoms with Gasteiger partial charge >= 0.3 is 5.97 Å². The fraction of sp³-hybridized carbons (Fsp3) is 0.278. The van der Waals surface area contributed by atoms with Gasteiger partial charge in [-0.3, -0.25) is 0 Å². The Kier molecular flexibility index (Phi) is 4.11. The summed E-state index contributed by atoms with van der Waals surface area (Å²) >= 11 is 0. The Morgan fingerprint density at radius 1 is 1.23 bits per heavy atom. The van der Waals surface area contributed by atoms with Gasteiger partial charge in [0.2, 0.25) is 0 Å². The first-order valence-corrected chi connectivity index (χ1v) is 7.50. The number of anilines is 1. The van der Waals surface area contributed by atoms with E-state index in [1.807, 2.05) is 31.2 Å². The molecule has 0 amide bonds. The molecule has 1 heterocycles. The van der Waals surface area contributed by atoms with E-state index in [2.05, 4.69) is 17.4 Å². The number of carboxylic acids is 1. The molecular formula is C18H19NO3. The average Bonchev–Trinajstić information content (AvgIpc) is 2.55. The number of hydrogen-bond acceptors (Lipinski definition) is 3. The third kappa shape index (κ3) is 2.70. The molecule has 2 unspecified atom stereocenters. The zero-order valence-electron chi connectivity index (χ0n) is 12.5. The molecule has 0 saturated carbocycles. The van der Waals surface area contributed by atoms with Gasteiger partial charge in [0.05, 0.1) is 23.4 Å². The minimum absolute atomic E-state index is 0.0470. The second-order valence-electron chi connectivity index (χ2n) is 5.36. The normalized spacial score (nSPS) is 20.0. The molecule has 0 aromatic heterocycles. The predicted octanol–water partition coefficient (Wildman–Crippen LogP) is 4.02. The summed E-state index contributed by atoms with van der Waals surface area (Å²) in [7, 11) is 0. The molecule has 2 atom stereocenters. The number of fused-ring (bicyclic) bond motifs is 1. The molecule has 0 spiro atoms. The monoisotopic (exact) mass is 297 g/mol. The molecule has 1 aliphatic rings.